The van der Waals surface area contributed by atoms with Crippen molar-refractivity contribution in [2.24, 2.45) is 0 Å². The lowest BCUT2D eigenvalue weighted by molar-refractivity contribution is 0.845. The van der Waals surface area contributed by atoms with Crippen molar-refractivity contribution in [3.8, 4) is 11.3 Å². The van der Waals surface area contributed by atoms with Crippen LogP contribution in [0.5, 0.6) is 0 Å². The second-order valence-electron chi connectivity index (χ2n) is 6.39. The van der Waals surface area contributed by atoms with Gasteiger partial charge in [0.05, 0.1) is 17.4 Å². The molecular weight excluding hydrogens is 324 g/mol. The summed E-state index contributed by atoms with van der Waals surface area (Å²) in [6.45, 7) is 10.1. The molecule has 132 valence electrons. The van der Waals surface area contributed by atoms with E-state index in [-0.39, 0.29) is 0 Å². The molecule has 0 fully saturated rings. The second kappa shape index (κ2) is 6.37. The summed E-state index contributed by atoms with van der Waals surface area (Å²) in [6.07, 6.45) is 3.48. The zero-order valence-electron chi connectivity index (χ0n) is 15.6. The molecule has 0 spiro atoms. The van der Waals surface area contributed by atoms with Gasteiger partial charge in [0, 0.05) is 18.7 Å². The summed E-state index contributed by atoms with van der Waals surface area (Å²) in [4.78, 5) is 20.8. The number of aryl methyl sites for hydroxylation is 2. The average Bonchev–Trinajstić information content (AvgIpc) is 3.05. The van der Waals surface area contributed by atoms with Crippen molar-refractivity contribution in [3.63, 3.8) is 0 Å². The van der Waals surface area contributed by atoms with E-state index in [1.54, 1.807) is 6.33 Å². The van der Waals surface area contributed by atoms with Crippen molar-refractivity contribution in [2.75, 3.05) is 18.0 Å². The standard InChI is InChI=1S/C20H22N6/c1-5-25(6-2)19-18-20(23-12-22-19)26-14(4)21-11-16(26)17(24-18)15-9-7-13(3)8-10-15/h7-12H,5-6H2,1-4H3. The van der Waals surface area contributed by atoms with Gasteiger partial charge in [-0.2, -0.15) is 0 Å². The highest BCUT2D eigenvalue weighted by molar-refractivity contribution is 5.91. The first-order valence-electron chi connectivity index (χ1n) is 8.94. The van der Waals surface area contributed by atoms with Crippen molar-refractivity contribution >= 4 is 22.5 Å². The van der Waals surface area contributed by atoms with Gasteiger partial charge < -0.3 is 4.90 Å². The molecule has 0 N–H and O–H groups in total. The van der Waals surface area contributed by atoms with Crippen LogP contribution in [0.1, 0.15) is 25.2 Å². The molecule has 4 aromatic rings. The normalized spacial score (nSPS) is 11.4. The van der Waals surface area contributed by atoms with Crippen LogP contribution in [-0.4, -0.2) is 37.4 Å². The van der Waals surface area contributed by atoms with Crippen molar-refractivity contribution in [3.05, 3.63) is 48.2 Å². The predicted octanol–water partition coefficient (Wildman–Crippen LogP) is 3.80. The molecule has 4 rings (SSSR count). The molecule has 0 aliphatic carbocycles. The lowest BCUT2D eigenvalue weighted by Crippen LogP contribution is -2.24. The Balaban J connectivity index is 2.11. The molecule has 6 nitrogen and oxygen atoms in total. The quantitative estimate of drug-likeness (QED) is 0.562. The monoisotopic (exact) mass is 346 g/mol. The number of aromatic nitrogens is 5. The van der Waals surface area contributed by atoms with E-state index in [1.165, 1.54) is 5.56 Å². The van der Waals surface area contributed by atoms with Gasteiger partial charge in [0.2, 0.25) is 0 Å². The van der Waals surface area contributed by atoms with Crippen LogP contribution < -0.4 is 4.90 Å². The fourth-order valence-corrected chi connectivity index (χ4v) is 3.35. The Morgan fingerprint density at radius 2 is 1.69 bits per heavy atom. The van der Waals surface area contributed by atoms with Gasteiger partial charge in [0.1, 0.15) is 17.7 Å². The maximum absolute atomic E-state index is 5.01. The van der Waals surface area contributed by atoms with Crippen LogP contribution in [0.15, 0.2) is 36.8 Å². The fourth-order valence-electron chi connectivity index (χ4n) is 3.35. The molecule has 0 aliphatic heterocycles. The smallest absolute Gasteiger partial charge is 0.170 e. The minimum atomic E-state index is 0.794. The third kappa shape index (κ3) is 2.49. The molecular formula is C20H22N6. The minimum Gasteiger partial charge on any atom is -0.355 e. The Hall–Kier alpha value is -3.02. The van der Waals surface area contributed by atoms with Crippen LogP contribution >= 0.6 is 0 Å². The number of imidazole rings is 1. The number of nitrogens with zero attached hydrogens (tertiary/aromatic N) is 6. The molecule has 3 aromatic heterocycles. The summed E-state index contributed by atoms with van der Waals surface area (Å²) in [6, 6.07) is 8.42. The molecule has 0 atom stereocenters. The molecule has 1 aromatic carbocycles. The topological polar surface area (TPSA) is 59.2 Å². The van der Waals surface area contributed by atoms with Gasteiger partial charge in [-0.15, -0.1) is 0 Å². The van der Waals surface area contributed by atoms with Crippen LogP contribution in [0.2, 0.25) is 0 Å². The first-order valence-corrected chi connectivity index (χ1v) is 8.94. The zero-order chi connectivity index (χ0) is 18.3. The SMILES string of the molecule is CCN(CC)c1ncnc2c1nc(-c1ccc(C)cc1)c1cnc(C)n12. The first-order chi connectivity index (χ1) is 12.6. The van der Waals surface area contributed by atoms with Gasteiger partial charge in [-0.1, -0.05) is 29.8 Å². The molecule has 0 radical (unpaired) electrons. The molecule has 26 heavy (non-hydrogen) atoms. The Morgan fingerprint density at radius 1 is 0.962 bits per heavy atom. The minimum absolute atomic E-state index is 0.794. The fraction of sp³-hybridized carbons (Fsp3) is 0.300. The summed E-state index contributed by atoms with van der Waals surface area (Å²) in [5, 5.41) is 0. The lowest BCUT2D eigenvalue weighted by Gasteiger charge is -2.21. The van der Waals surface area contributed by atoms with Gasteiger partial charge in [-0.3, -0.25) is 4.40 Å². The summed E-state index contributed by atoms with van der Waals surface area (Å²) in [7, 11) is 0. The largest absolute Gasteiger partial charge is 0.355 e. The lowest BCUT2D eigenvalue weighted by atomic mass is 10.1. The molecule has 0 bridgehead atoms. The molecule has 0 amide bonds. The highest BCUT2D eigenvalue weighted by atomic mass is 15.2. The Kier molecular flexibility index (Phi) is 4.03. The number of anilines is 1. The molecule has 0 saturated heterocycles. The number of rotatable bonds is 4. The second-order valence-corrected chi connectivity index (χ2v) is 6.39. The zero-order valence-corrected chi connectivity index (χ0v) is 15.6. The Bertz CT molecular complexity index is 1080. The summed E-state index contributed by atoms with van der Waals surface area (Å²) in [5.74, 6) is 1.76. The van der Waals surface area contributed by atoms with Gasteiger partial charge >= 0.3 is 0 Å². The van der Waals surface area contributed by atoms with E-state index in [1.807, 2.05) is 13.1 Å². The van der Waals surface area contributed by atoms with E-state index < -0.39 is 0 Å². The van der Waals surface area contributed by atoms with Gasteiger partial charge in [-0.05, 0) is 27.7 Å². The maximum atomic E-state index is 5.01. The molecule has 0 unspecified atom stereocenters. The molecule has 3 heterocycles. The van der Waals surface area contributed by atoms with E-state index in [0.29, 0.717) is 0 Å². The molecule has 0 saturated carbocycles. The Morgan fingerprint density at radius 3 is 2.38 bits per heavy atom. The van der Waals surface area contributed by atoms with Gasteiger partial charge in [0.25, 0.3) is 0 Å². The van der Waals surface area contributed by atoms with Crippen molar-refractivity contribution in [2.45, 2.75) is 27.7 Å². The van der Waals surface area contributed by atoms with Gasteiger partial charge in [0.15, 0.2) is 11.5 Å². The number of fused-ring (bicyclic) bond motifs is 3. The van der Waals surface area contributed by atoms with E-state index in [0.717, 1.165) is 52.7 Å². The first kappa shape index (κ1) is 16.4. The molecule has 6 heteroatoms. The summed E-state index contributed by atoms with van der Waals surface area (Å²) in [5.41, 5.74) is 5.76. The van der Waals surface area contributed by atoms with Crippen LogP contribution in [0, 0.1) is 13.8 Å². The third-order valence-electron chi connectivity index (χ3n) is 4.79. The summed E-state index contributed by atoms with van der Waals surface area (Å²) < 4.78 is 2.08. The van der Waals surface area contributed by atoms with Crippen LogP contribution in [0.4, 0.5) is 5.82 Å². The van der Waals surface area contributed by atoms with E-state index in [9.17, 15) is 0 Å². The number of benzene rings is 1. The van der Waals surface area contributed by atoms with Crippen molar-refractivity contribution in [1.82, 2.24) is 24.3 Å². The van der Waals surface area contributed by atoms with Crippen molar-refractivity contribution < 1.29 is 0 Å². The summed E-state index contributed by atoms with van der Waals surface area (Å²) >= 11 is 0. The predicted molar refractivity (Wildman–Crippen MR) is 105 cm³/mol. The Labute approximate surface area is 152 Å². The highest BCUT2D eigenvalue weighted by Gasteiger charge is 2.18. The van der Waals surface area contributed by atoms with Crippen LogP contribution in [0.3, 0.4) is 0 Å². The van der Waals surface area contributed by atoms with E-state index in [2.05, 4.69) is 69.3 Å². The third-order valence-corrected chi connectivity index (χ3v) is 4.79. The average molecular weight is 346 g/mol. The van der Waals surface area contributed by atoms with Crippen LogP contribution in [0.25, 0.3) is 27.9 Å². The van der Waals surface area contributed by atoms with Crippen molar-refractivity contribution in [1.29, 1.82) is 0 Å². The number of hydrogen-bond donors (Lipinski definition) is 0. The maximum Gasteiger partial charge on any atom is 0.170 e. The molecule has 0 aliphatic rings. The highest BCUT2D eigenvalue weighted by Crippen LogP contribution is 2.30. The van der Waals surface area contributed by atoms with Crippen LogP contribution in [-0.2, 0) is 0 Å². The van der Waals surface area contributed by atoms with E-state index >= 15 is 0 Å². The van der Waals surface area contributed by atoms with Gasteiger partial charge in [-0.25, -0.2) is 19.9 Å². The number of hydrogen-bond acceptors (Lipinski definition) is 5. The van der Waals surface area contributed by atoms with E-state index in [4.69, 9.17) is 4.98 Å².